The van der Waals surface area contributed by atoms with Crippen molar-refractivity contribution in [2.75, 3.05) is 18.5 Å². The van der Waals surface area contributed by atoms with Crippen molar-refractivity contribution in [3.05, 3.63) is 65.4 Å². The maximum atomic E-state index is 13.2. The average molecular weight is 460 g/mol. The Morgan fingerprint density at radius 2 is 1.61 bits per heavy atom. The van der Waals surface area contributed by atoms with Crippen molar-refractivity contribution < 1.29 is 27.5 Å². The third kappa shape index (κ3) is 5.74. The summed E-state index contributed by atoms with van der Waals surface area (Å²) in [6.45, 7) is 8.53. The van der Waals surface area contributed by atoms with Crippen LogP contribution in [-0.2, 0) is 15.8 Å². The molecule has 1 aliphatic heterocycles. The number of rotatable bonds is 8. The van der Waals surface area contributed by atoms with Gasteiger partial charge in [0.25, 0.3) is 11.8 Å². The predicted octanol–water partition coefficient (Wildman–Crippen LogP) is 5.59. The molecular weight excluding hydrogens is 433 g/mol. The number of amides is 2. The van der Waals surface area contributed by atoms with Gasteiger partial charge in [-0.15, -0.1) is 0 Å². The third-order valence-corrected chi connectivity index (χ3v) is 4.90. The van der Waals surface area contributed by atoms with Crippen molar-refractivity contribution in [2.45, 2.75) is 33.9 Å². The smallest absolute Gasteiger partial charge is 0.416 e. The fraction of sp³-hybridized carbons (Fsp3) is 0.360. The van der Waals surface area contributed by atoms with E-state index in [0.29, 0.717) is 23.8 Å². The van der Waals surface area contributed by atoms with Gasteiger partial charge in [0, 0.05) is 12.2 Å². The van der Waals surface area contributed by atoms with E-state index in [0.717, 1.165) is 17.0 Å². The third-order valence-electron chi connectivity index (χ3n) is 4.90. The van der Waals surface area contributed by atoms with Crippen molar-refractivity contribution in [3.8, 4) is 5.75 Å². The van der Waals surface area contributed by atoms with Gasteiger partial charge in [-0.25, -0.2) is 0 Å². The van der Waals surface area contributed by atoms with E-state index in [1.807, 2.05) is 27.7 Å². The highest BCUT2D eigenvalue weighted by Gasteiger charge is 2.39. The summed E-state index contributed by atoms with van der Waals surface area (Å²) < 4.78 is 45.1. The predicted molar refractivity (Wildman–Crippen MR) is 120 cm³/mol. The lowest BCUT2D eigenvalue weighted by molar-refractivity contribution is -0.138. The molecule has 0 bridgehead atoms. The van der Waals surface area contributed by atoms with Crippen LogP contribution in [0.4, 0.5) is 18.9 Å². The first kappa shape index (κ1) is 24.4. The van der Waals surface area contributed by atoms with E-state index in [9.17, 15) is 22.8 Å². The van der Waals surface area contributed by atoms with Crippen LogP contribution in [0.5, 0.6) is 5.75 Å². The number of ether oxygens (including phenoxy) is 1. The minimum Gasteiger partial charge on any atom is -0.493 e. The lowest BCUT2D eigenvalue weighted by atomic mass is 10.0. The molecule has 0 fully saturated rings. The lowest BCUT2D eigenvalue weighted by Crippen LogP contribution is -2.35. The fourth-order valence-corrected chi connectivity index (χ4v) is 3.39. The summed E-state index contributed by atoms with van der Waals surface area (Å²) in [5.74, 6) is -0.0651. The molecule has 2 amide bonds. The Bertz CT molecular complexity index is 1060. The summed E-state index contributed by atoms with van der Waals surface area (Å²) in [5, 5.41) is 2.78. The molecule has 0 saturated heterocycles. The molecule has 5 nitrogen and oxygen atoms in total. The number of hydrogen-bond acceptors (Lipinski definition) is 4. The zero-order valence-corrected chi connectivity index (χ0v) is 19.0. The minimum absolute atomic E-state index is 0.0267. The van der Waals surface area contributed by atoms with Gasteiger partial charge in [-0.3, -0.25) is 14.5 Å². The molecule has 0 atom stereocenters. The van der Waals surface area contributed by atoms with Crippen LogP contribution in [0.1, 0.15) is 38.8 Å². The second-order valence-electron chi connectivity index (χ2n) is 8.80. The molecule has 33 heavy (non-hydrogen) atoms. The molecule has 2 aromatic carbocycles. The monoisotopic (exact) mass is 460 g/mol. The molecule has 1 heterocycles. The fourth-order valence-electron chi connectivity index (χ4n) is 3.39. The van der Waals surface area contributed by atoms with E-state index >= 15 is 0 Å². The van der Waals surface area contributed by atoms with Crippen LogP contribution in [0, 0.1) is 11.8 Å². The molecule has 0 radical (unpaired) electrons. The Balaban J connectivity index is 1.99. The van der Waals surface area contributed by atoms with Gasteiger partial charge in [0.05, 0.1) is 17.7 Å². The topological polar surface area (TPSA) is 58.6 Å². The van der Waals surface area contributed by atoms with Gasteiger partial charge >= 0.3 is 6.18 Å². The molecule has 0 saturated carbocycles. The number of carbonyl (C=O) groups excluding carboxylic acids is 2. The largest absolute Gasteiger partial charge is 0.493 e. The van der Waals surface area contributed by atoms with Crippen LogP contribution in [-0.4, -0.2) is 29.9 Å². The Kier molecular flexibility index (Phi) is 7.15. The van der Waals surface area contributed by atoms with Gasteiger partial charge < -0.3 is 10.1 Å². The lowest BCUT2D eigenvalue weighted by Gasteiger charge is -2.17. The zero-order chi connectivity index (χ0) is 24.3. The zero-order valence-electron chi connectivity index (χ0n) is 19.0. The molecule has 1 aliphatic rings. The summed E-state index contributed by atoms with van der Waals surface area (Å²) in [7, 11) is 0. The van der Waals surface area contributed by atoms with Gasteiger partial charge in [0.1, 0.15) is 11.4 Å². The number of nitrogens with one attached hydrogen (secondary N) is 1. The van der Waals surface area contributed by atoms with Crippen molar-refractivity contribution in [2.24, 2.45) is 11.8 Å². The Morgan fingerprint density at radius 3 is 2.18 bits per heavy atom. The summed E-state index contributed by atoms with van der Waals surface area (Å²) in [6.07, 6.45) is -4.53. The molecule has 0 aliphatic carbocycles. The Hall–Kier alpha value is -3.29. The number of imide groups is 1. The second-order valence-corrected chi connectivity index (χ2v) is 8.80. The summed E-state index contributed by atoms with van der Waals surface area (Å²) >= 11 is 0. The van der Waals surface area contributed by atoms with Crippen LogP contribution in [0.15, 0.2) is 54.2 Å². The normalized spacial score (nSPS) is 14.6. The first-order chi connectivity index (χ1) is 15.5. The van der Waals surface area contributed by atoms with Gasteiger partial charge in [0.15, 0.2) is 0 Å². The average Bonchev–Trinajstić information content (AvgIpc) is 2.96. The number of nitrogens with zero attached hydrogens (tertiary/aromatic N) is 1. The highest BCUT2D eigenvalue weighted by Crippen LogP contribution is 2.34. The van der Waals surface area contributed by atoms with E-state index in [1.165, 1.54) is 12.1 Å². The van der Waals surface area contributed by atoms with Crippen LogP contribution >= 0.6 is 0 Å². The summed E-state index contributed by atoms with van der Waals surface area (Å²) in [4.78, 5) is 27.4. The first-order valence-corrected chi connectivity index (χ1v) is 10.8. The standard InChI is InChI=1S/C25H27F3N2O3/c1-15(2)13-30-23(31)21(17-8-10-20(11-9-17)33-14-16(3)4)22(24(30)32)29-19-7-5-6-18(12-19)25(26,27)28/h5-12,15-16,29H,13-14H2,1-4H3. The van der Waals surface area contributed by atoms with E-state index < -0.39 is 23.6 Å². The molecule has 0 unspecified atom stereocenters. The number of halogens is 3. The van der Waals surface area contributed by atoms with Crippen LogP contribution in [0.3, 0.4) is 0 Å². The maximum absolute atomic E-state index is 13.2. The molecule has 3 rings (SSSR count). The molecule has 1 N–H and O–H groups in total. The molecule has 0 aromatic heterocycles. The SMILES string of the molecule is CC(C)COc1ccc(C2=C(Nc3cccc(C(F)(F)F)c3)C(=O)N(CC(C)C)C2=O)cc1. The number of benzene rings is 2. The molecule has 176 valence electrons. The van der Waals surface area contributed by atoms with Gasteiger partial charge in [-0.2, -0.15) is 13.2 Å². The highest BCUT2D eigenvalue weighted by molar-refractivity contribution is 6.36. The van der Waals surface area contributed by atoms with Crippen molar-refractivity contribution in [1.29, 1.82) is 0 Å². The van der Waals surface area contributed by atoms with E-state index in [-0.39, 0.29) is 29.4 Å². The molecular formula is C25H27F3N2O3. The number of hydrogen-bond donors (Lipinski definition) is 1. The number of alkyl halides is 3. The van der Waals surface area contributed by atoms with Crippen LogP contribution < -0.4 is 10.1 Å². The van der Waals surface area contributed by atoms with Crippen molar-refractivity contribution in [3.63, 3.8) is 0 Å². The minimum atomic E-state index is -4.53. The number of anilines is 1. The van der Waals surface area contributed by atoms with Crippen LogP contribution in [0.2, 0.25) is 0 Å². The second kappa shape index (κ2) is 9.68. The number of carbonyl (C=O) groups is 2. The molecule has 8 heteroatoms. The van der Waals surface area contributed by atoms with E-state index in [1.54, 1.807) is 24.3 Å². The maximum Gasteiger partial charge on any atom is 0.416 e. The van der Waals surface area contributed by atoms with Crippen molar-refractivity contribution in [1.82, 2.24) is 4.90 Å². The highest BCUT2D eigenvalue weighted by atomic mass is 19.4. The quantitative estimate of drug-likeness (QED) is 0.522. The molecule has 2 aromatic rings. The summed E-state index contributed by atoms with van der Waals surface area (Å²) in [6, 6.07) is 11.3. The Labute approximate surface area is 191 Å². The van der Waals surface area contributed by atoms with Crippen molar-refractivity contribution >= 4 is 23.1 Å². The van der Waals surface area contributed by atoms with Crippen LogP contribution in [0.25, 0.3) is 5.57 Å². The van der Waals surface area contributed by atoms with Gasteiger partial charge in [-0.1, -0.05) is 45.9 Å². The Morgan fingerprint density at radius 1 is 0.939 bits per heavy atom. The first-order valence-electron chi connectivity index (χ1n) is 10.8. The van der Waals surface area contributed by atoms with E-state index in [4.69, 9.17) is 4.74 Å². The van der Waals surface area contributed by atoms with Gasteiger partial charge in [-0.05, 0) is 47.7 Å². The molecule has 0 spiro atoms. The van der Waals surface area contributed by atoms with E-state index in [2.05, 4.69) is 5.32 Å². The van der Waals surface area contributed by atoms with Gasteiger partial charge in [0.2, 0.25) is 0 Å². The summed E-state index contributed by atoms with van der Waals surface area (Å²) in [5.41, 5.74) is -0.228.